The fourth-order valence-electron chi connectivity index (χ4n) is 1.63. The third-order valence-corrected chi connectivity index (χ3v) is 4.14. The average Bonchev–Trinajstić information content (AvgIpc) is 2.39. The first-order valence-electron chi connectivity index (χ1n) is 5.74. The maximum atomic E-state index is 12.1. The minimum Gasteiger partial charge on any atom is -0.507 e. The molecule has 2 rings (SSSR count). The lowest BCUT2D eigenvalue weighted by Gasteiger charge is -2.10. The highest BCUT2D eigenvalue weighted by atomic mass is 79.9. The Bertz CT molecular complexity index is 687. The van der Waals surface area contributed by atoms with Crippen LogP contribution in [0.2, 0.25) is 0 Å². The van der Waals surface area contributed by atoms with E-state index < -0.39 is 0 Å². The molecule has 0 spiro atoms. The van der Waals surface area contributed by atoms with Crippen LogP contribution in [0, 0.1) is 6.92 Å². The normalized spacial score (nSPS) is 10.3. The summed E-state index contributed by atoms with van der Waals surface area (Å²) in [5.41, 5.74) is 8.30. The lowest BCUT2D eigenvalue weighted by Crippen LogP contribution is -2.12. The molecule has 0 fully saturated rings. The van der Waals surface area contributed by atoms with Crippen LogP contribution < -0.4 is 11.1 Å². The summed E-state index contributed by atoms with van der Waals surface area (Å²) in [5.74, 6) is -0.308. The van der Waals surface area contributed by atoms with E-state index in [0.29, 0.717) is 21.4 Å². The summed E-state index contributed by atoms with van der Waals surface area (Å²) < 4.78 is 1.29. The highest BCUT2D eigenvalue weighted by molar-refractivity contribution is 9.11. The number of phenols is 1. The van der Waals surface area contributed by atoms with Crippen molar-refractivity contribution in [3.8, 4) is 5.75 Å². The Morgan fingerprint density at radius 2 is 1.90 bits per heavy atom. The lowest BCUT2D eigenvalue weighted by molar-refractivity contribution is 0.102. The number of carbonyl (C=O) groups excluding carboxylic acids is 1. The van der Waals surface area contributed by atoms with Crippen molar-refractivity contribution >= 4 is 49.1 Å². The van der Waals surface area contributed by atoms with Crippen LogP contribution in [0.3, 0.4) is 0 Å². The largest absolute Gasteiger partial charge is 0.507 e. The molecule has 0 saturated heterocycles. The van der Waals surface area contributed by atoms with Crippen LogP contribution in [0.4, 0.5) is 11.4 Å². The summed E-state index contributed by atoms with van der Waals surface area (Å²) in [6, 6.07) is 8.15. The fourth-order valence-corrected chi connectivity index (χ4v) is 2.44. The van der Waals surface area contributed by atoms with E-state index in [4.69, 9.17) is 5.73 Å². The number of hydrogen-bond acceptors (Lipinski definition) is 3. The Morgan fingerprint density at radius 3 is 2.55 bits per heavy atom. The van der Waals surface area contributed by atoms with Gasteiger partial charge in [0.2, 0.25) is 0 Å². The quantitative estimate of drug-likeness (QED) is 0.666. The Balaban J connectivity index is 2.27. The molecule has 0 aliphatic rings. The maximum absolute atomic E-state index is 12.1. The lowest BCUT2D eigenvalue weighted by atomic mass is 10.1. The van der Waals surface area contributed by atoms with E-state index >= 15 is 0 Å². The second-order valence-electron chi connectivity index (χ2n) is 4.31. The topological polar surface area (TPSA) is 75.3 Å². The predicted octanol–water partition coefficient (Wildman–Crippen LogP) is 4.06. The number of benzene rings is 2. The van der Waals surface area contributed by atoms with Crippen LogP contribution in [0.15, 0.2) is 39.3 Å². The zero-order valence-corrected chi connectivity index (χ0v) is 13.7. The number of hydrogen-bond donors (Lipinski definition) is 3. The van der Waals surface area contributed by atoms with Crippen molar-refractivity contribution < 1.29 is 9.90 Å². The van der Waals surface area contributed by atoms with Gasteiger partial charge >= 0.3 is 0 Å². The first-order valence-corrected chi connectivity index (χ1v) is 7.32. The number of nitrogen functional groups attached to an aromatic ring is 1. The monoisotopic (exact) mass is 398 g/mol. The van der Waals surface area contributed by atoms with Gasteiger partial charge in [0, 0.05) is 15.7 Å². The molecule has 0 heterocycles. The van der Waals surface area contributed by atoms with Crippen LogP contribution in [0.1, 0.15) is 15.9 Å². The van der Waals surface area contributed by atoms with Crippen molar-refractivity contribution in [2.75, 3.05) is 11.1 Å². The Labute approximate surface area is 133 Å². The number of carbonyl (C=O) groups is 1. The third kappa shape index (κ3) is 3.13. The van der Waals surface area contributed by atoms with Crippen LogP contribution in [0.5, 0.6) is 5.75 Å². The molecule has 0 atom stereocenters. The summed E-state index contributed by atoms with van der Waals surface area (Å²) in [6.07, 6.45) is 0. The van der Waals surface area contributed by atoms with E-state index in [1.807, 2.05) is 13.0 Å². The van der Waals surface area contributed by atoms with E-state index in [1.54, 1.807) is 18.2 Å². The maximum Gasteiger partial charge on any atom is 0.255 e. The van der Waals surface area contributed by atoms with Gasteiger partial charge in [-0.05, 0) is 74.7 Å². The van der Waals surface area contributed by atoms with Gasteiger partial charge in [-0.3, -0.25) is 4.79 Å². The van der Waals surface area contributed by atoms with Gasteiger partial charge in [-0.2, -0.15) is 0 Å². The van der Waals surface area contributed by atoms with Crippen molar-refractivity contribution in [1.29, 1.82) is 0 Å². The number of amides is 1. The summed E-state index contributed by atoms with van der Waals surface area (Å²) in [4.78, 5) is 12.1. The number of nitrogens with two attached hydrogens (primary N) is 1. The van der Waals surface area contributed by atoms with Crippen LogP contribution in [-0.2, 0) is 0 Å². The highest BCUT2D eigenvalue weighted by Crippen LogP contribution is 2.29. The van der Waals surface area contributed by atoms with Crippen LogP contribution in [-0.4, -0.2) is 11.0 Å². The molecule has 0 radical (unpaired) electrons. The van der Waals surface area contributed by atoms with Gasteiger partial charge in [0.05, 0.1) is 10.2 Å². The Kier molecular flexibility index (Phi) is 4.35. The Morgan fingerprint density at radius 1 is 1.20 bits per heavy atom. The molecule has 4 nitrogen and oxygen atoms in total. The van der Waals surface area contributed by atoms with Gasteiger partial charge in [0.25, 0.3) is 5.91 Å². The van der Waals surface area contributed by atoms with Crippen LogP contribution in [0.25, 0.3) is 0 Å². The van der Waals surface area contributed by atoms with E-state index in [1.165, 1.54) is 6.07 Å². The molecule has 0 saturated carbocycles. The minimum absolute atomic E-state index is 0.0140. The van der Waals surface area contributed by atoms with Gasteiger partial charge in [0.15, 0.2) is 0 Å². The summed E-state index contributed by atoms with van der Waals surface area (Å²) in [6.45, 7) is 1.89. The van der Waals surface area contributed by atoms with Crippen molar-refractivity contribution in [2.24, 2.45) is 0 Å². The molecular formula is C14H12Br2N2O2. The molecule has 1 amide bonds. The molecule has 20 heavy (non-hydrogen) atoms. The van der Waals surface area contributed by atoms with Gasteiger partial charge in [-0.15, -0.1) is 0 Å². The average molecular weight is 400 g/mol. The van der Waals surface area contributed by atoms with Crippen molar-refractivity contribution in [3.63, 3.8) is 0 Å². The van der Waals surface area contributed by atoms with Crippen LogP contribution >= 0.6 is 31.9 Å². The smallest absolute Gasteiger partial charge is 0.255 e. The summed E-state index contributed by atoms with van der Waals surface area (Å²) in [7, 11) is 0. The summed E-state index contributed by atoms with van der Waals surface area (Å²) in [5, 5.41) is 12.3. The number of aryl methyl sites for hydroxylation is 1. The number of rotatable bonds is 2. The molecule has 104 valence electrons. The second-order valence-corrected chi connectivity index (χ2v) is 6.02. The van der Waals surface area contributed by atoms with Gasteiger partial charge in [0.1, 0.15) is 5.75 Å². The van der Waals surface area contributed by atoms with Crippen molar-refractivity contribution in [2.45, 2.75) is 6.92 Å². The summed E-state index contributed by atoms with van der Waals surface area (Å²) >= 11 is 6.55. The standard InChI is InChI=1S/C14H12Br2N2O2/c1-7-4-10(16)12(6-11(7)17)18-14(20)8-2-3-9(15)13(19)5-8/h2-6,19H,17H2,1H3,(H,18,20). The van der Waals surface area contributed by atoms with E-state index in [-0.39, 0.29) is 11.7 Å². The molecule has 0 unspecified atom stereocenters. The van der Waals surface area contributed by atoms with E-state index in [9.17, 15) is 9.90 Å². The van der Waals surface area contributed by atoms with Gasteiger partial charge in [-0.25, -0.2) is 0 Å². The molecule has 6 heteroatoms. The van der Waals surface area contributed by atoms with Crippen molar-refractivity contribution in [3.05, 3.63) is 50.4 Å². The molecule has 0 aliphatic carbocycles. The number of anilines is 2. The molecule has 0 aliphatic heterocycles. The first kappa shape index (κ1) is 14.9. The fraction of sp³-hybridized carbons (Fsp3) is 0.0714. The highest BCUT2D eigenvalue weighted by Gasteiger charge is 2.11. The number of phenolic OH excluding ortho intramolecular Hbond substituents is 1. The van der Waals surface area contributed by atoms with E-state index in [2.05, 4.69) is 37.2 Å². The van der Waals surface area contributed by atoms with E-state index in [0.717, 1.165) is 10.0 Å². The molecule has 2 aromatic rings. The third-order valence-electron chi connectivity index (χ3n) is 2.81. The predicted molar refractivity (Wildman–Crippen MR) is 87.1 cm³/mol. The van der Waals surface area contributed by atoms with Gasteiger partial charge in [-0.1, -0.05) is 0 Å². The minimum atomic E-state index is -0.322. The molecule has 2 aromatic carbocycles. The molecular weight excluding hydrogens is 388 g/mol. The van der Waals surface area contributed by atoms with Crippen molar-refractivity contribution in [1.82, 2.24) is 0 Å². The Hall–Kier alpha value is -1.53. The SMILES string of the molecule is Cc1cc(Br)c(NC(=O)c2ccc(Br)c(O)c2)cc1N. The number of halogens is 2. The molecule has 0 bridgehead atoms. The van der Waals surface area contributed by atoms with Gasteiger partial charge < -0.3 is 16.2 Å². The zero-order valence-electron chi connectivity index (χ0n) is 10.6. The second kappa shape index (κ2) is 5.85. The number of aromatic hydroxyl groups is 1. The zero-order chi connectivity index (χ0) is 14.9. The first-order chi connectivity index (χ1) is 9.38. The number of nitrogens with one attached hydrogen (secondary N) is 1. The molecule has 0 aromatic heterocycles. The molecule has 4 N–H and O–H groups in total.